The highest BCUT2D eigenvalue weighted by Gasteiger charge is 2.51. The molecule has 0 radical (unpaired) electrons. The van der Waals surface area contributed by atoms with Gasteiger partial charge in [0.05, 0.1) is 6.54 Å². The molecule has 0 aliphatic carbocycles. The van der Waals surface area contributed by atoms with E-state index in [9.17, 15) is 14.7 Å². The van der Waals surface area contributed by atoms with Gasteiger partial charge in [-0.1, -0.05) is 13.8 Å². The summed E-state index contributed by atoms with van der Waals surface area (Å²) in [5.41, 5.74) is 0. The number of carbonyl (C=O) groups is 2. The standard InChI is InChI=1S/C14H23NO4S/c1-9(8-12(16)17)7-10(2)13(20)15(14(18)19)6-4-5-11(15)3/h9-11H,4-8H2,1-3H3,(H-,16,17,18,19)/p+1/t9?,10?,11-,15?/m1/s1. The van der Waals surface area contributed by atoms with Crippen molar-refractivity contribution in [2.75, 3.05) is 6.54 Å². The molecule has 0 aromatic carbocycles. The lowest BCUT2D eigenvalue weighted by Crippen LogP contribution is -2.59. The molecule has 1 amide bonds. The molecule has 20 heavy (non-hydrogen) atoms. The zero-order chi connectivity index (χ0) is 15.5. The highest BCUT2D eigenvalue weighted by molar-refractivity contribution is 7.80. The maximum Gasteiger partial charge on any atom is 0.519 e. The second-order valence-corrected chi connectivity index (χ2v) is 6.46. The zero-order valence-corrected chi connectivity index (χ0v) is 13.2. The summed E-state index contributed by atoms with van der Waals surface area (Å²) in [4.78, 5) is 23.0. The van der Waals surface area contributed by atoms with Crippen LogP contribution < -0.4 is 0 Å². The topological polar surface area (TPSA) is 74.6 Å². The van der Waals surface area contributed by atoms with E-state index in [0.29, 0.717) is 18.0 Å². The first-order chi connectivity index (χ1) is 9.21. The summed E-state index contributed by atoms with van der Waals surface area (Å²) in [7, 11) is 0. The van der Waals surface area contributed by atoms with Crippen LogP contribution in [0.15, 0.2) is 0 Å². The van der Waals surface area contributed by atoms with Crippen LogP contribution in [0, 0.1) is 11.8 Å². The fourth-order valence-electron chi connectivity index (χ4n) is 3.26. The van der Waals surface area contributed by atoms with Crippen molar-refractivity contribution in [1.29, 1.82) is 0 Å². The van der Waals surface area contributed by atoms with E-state index >= 15 is 0 Å². The summed E-state index contributed by atoms with van der Waals surface area (Å²) in [6.07, 6.45) is 1.56. The van der Waals surface area contributed by atoms with E-state index in [-0.39, 0.29) is 28.8 Å². The Labute approximate surface area is 125 Å². The molecular formula is C14H24NO4S+. The number of aliphatic carboxylic acids is 1. The van der Waals surface area contributed by atoms with Crippen molar-refractivity contribution in [3.05, 3.63) is 0 Å². The van der Waals surface area contributed by atoms with Crippen LogP contribution in [0.5, 0.6) is 0 Å². The third-order valence-electron chi connectivity index (χ3n) is 4.32. The van der Waals surface area contributed by atoms with Crippen molar-refractivity contribution in [1.82, 2.24) is 0 Å². The summed E-state index contributed by atoms with van der Waals surface area (Å²) in [5, 5.41) is 18.4. The monoisotopic (exact) mass is 302 g/mol. The van der Waals surface area contributed by atoms with E-state index in [1.165, 1.54) is 0 Å². The molecule has 5 nitrogen and oxygen atoms in total. The van der Waals surface area contributed by atoms with E-state index in [2.05, 4.69) is 0 Å². The first-order valence-corrected chi connectivity index (χ1v) is 7.50. The van der Waals surface area contributed by atoms with Crippen molar-refractivity contribution in [3.8, 4) is 0 Å². The Morgan fingerprint density at radius 2 is 1.95 bits per heavy atom. The second-order valence-electron chi connectivity index (χ2n) is 6.04. The van der Waals surface area contributed by atoms with Crippen LogP contribution >= 0.6 is 12.2 Å². The maximum absolute atomic E-state index is 11.7. The van der Waals surface area contributed by atoms with Gasteiger partial charge in [0.25, 0.3) is 0 Å². The van der Waals surface area contributed by atoms with Crippen molar-refractivity contribution in [3.63, 3.8) is 0 Å². The molecule has 1 rings (SSSR count). The quantitative estimate of drug-likeness (QED) is 0.603. The van der Waals surface area contributed by atoms with Crippen LogP contribution in [0.3, 0.4) is 0 Å². The van der Waals surface area contributed by atoms with Crippen molar-refractivity contribution >= 4 is 29.3 Å². The lowest BCUT2D eigenvalue weighted by Gasteiger charge is -2.35. The molecule has 0 saturated carbocycles. The predicted molar refractivity (Wildman–Crippen MR) is 79.6 cm³/mol. The number of hydrogen-bond acceptors (Lipinski definition) is 3. The average Bonchev–Trinajstić information content (AvgIpc) is 2.69. The van der Waals surface area contributed by atoms with Crippen LogP contribution in [0.25, 0.3) is 0 Å². The smallest absolute Gasteiger partial charge is 0.481 e. The van der Waals surface area contributed by atoms with Crippen molar-refractivity contribution in [2.24, 2.45) is 11.8 Å². The van der Waals surface area contributed by atoms with Gasteiger partial charge in [-0.15, -0.1) is 0 Å². The number of rotatable bonds is 5. The minimum atomic E-state index is -0.877. The molecule has 1 heterocycles. The zero-order valence-electron chi connectivity index (χ0n) is 12.3. The van der Waals surface area contributed by atoms with Crippen LogP contribution in [-0.2, 0) is 4.79 Å². The normalized spacial score (nSPS) is 28.9. The molecule has 114 valence electrons. The van der Waals surface area contributed by atoms with Gasteiger partial charge in [0, 0.05) is 25.2 Å². The lowest BCUT2D eigenvalue weighted by molar-refractivity contribution is -0.777. The average molecular weight is 302 g/mol. The van der Waals surface area contributed by atoms with Gasteiger partial charge >= 0.3 is 12.1 Å². The lowest BCUT2D eigenvalue weighted by atomic mass is 9.93. The van der Waals surface area contributed by atoms with E-state index in [1.54, 1.807) is 0 Å². The highest BCUT2D eigenvalue weighted by Crippen LogP contribution is 2.32. The minimum absolute atomic E-state index is 0.00256. The van der Waals surface area contributed by atoms with Crippen molar-refractivity contribution in [2.45, 2.75) is 52.5 Å². The van der Waals surface area contributed by atoms with E-state index in [0.717, 1.165) is 12.8 Å². The molecule has 1 saturated heterocycles. The number of nitrogens with zero attached hydrogens (tertiary/aromatic N) is 1. The van der Waals surface area contributed by atoms with Gasteiger partial charge < -0.3 is 10.2 Å². The molecule has 3 unspecified atom stereocenters. The summed E-state index contributed by atoms with van der Waals surface area (Å²) in [5.74, 6) is -0.907. The SMILES string of the molecule is CC(CC(=O)O)CC(C)C(=S)[N+]1(C(=O)O)CCC[C@H]1C. The number of amides is 1. The summed E-state index contributed by atoms with van der Waals surface area (Å²) in [6, 6.07) is -0.00256. The van der Waals surface area contributed by atoms with E-state index < -0.39 is 12.1 Å². The molecule has 0 spiro atoms. The Balaban J connectivity index is 2.81. The van der Waals surface area contributed by atoms with Gasteiger partial charge in [0.15, 0.2) is 4.99 Å². The van der Waals surface area contributed by atoms with E-state index in [4.69, 9.17) is 17.3 Å². The summed E-state index contributed by atoms with van der Waals surface area (Å²) >= 11 is 5.48. The van der Waals surface area contributed by atoms with Crippen LogP contribution in [0.4, 0.5) is 4.79 Å². The number of carboxylic acid groups (broad SMARTS) is 2. The largest absolute Gasteiger partial charge is 0.519 e. The predicted octanol–water partition coefficient (Wildman–Crippen LogP) is 3.13. The van der Waals surface area contributed by atoms with Gasteiger partial charge in [0.2, 0.25) is 0 Å². The van der Waals surface area contributed by atoms with Crippen LogP contribution in [0.2, 0.25) is 0 Å². The maximum atomic E-state index is 11.7. The Bertz CT molecular complexity index is 412. The number of likely N-dealkylation sites (tertiary alicyclic amines) is 1. The van der Waals surface area contributed by atoms with Crippen molar-refractivity contribution < 1.29 is 24.3 Å². The summed E-state index contributed by atoms with van der Waals surface area (Å²) < 4.78 is -0.129. The molecule has 2 N–H and O–H groups in total. The molecule has 6 heteroatoms. The third-order valence-corrected chi connectivity index (χ3v) is 5.05. The Kier molecular flexibility index (Phi) is 5.65. The van der Waals surface area contributed by atoms with Gasteiger partial charge in [-0.05, 0) is 31.5 Å². The molecule has 4 atom stereocenters. The number of quaternary nitrogens is 1. The third kappa shape index (κ3) is 3.35. The Hall–Kier alpha value is -1.01. The molecule has 1 aliphatic heterocycles. The Morgan fingerprint density at radius 3 is 2.35 bits per heavy atom. The van der Waals surface area contributed by atoms with Gasteiger partial charge in [-0.25, -0.2) is 0 Å². The molecule has 0 aromatic heterocycles. The van der Waals surface area contributed by atoms with E-state index in [1.807, 2.05) is 20.8 Å². The molecule has 1 aliphatic rings. The number of thiocarbonyl (C=S) groups is 1. The fraction of sp³-hybridized carbons (Fsp3) is 0.786. The molecule has 1 fully saturated rings. The first-order valence-electron chi connectivity index (χ1n) is 7.09. The molecule has 0 bridgehead atoms. The number of hydrogen-bond donors (Lipinski definition) is 2. The first kappa shape index (κ1) is 17.0. The fourth-order valence-corrected chi connectivity index (χ4v) is 3.71. The van der Waals surface area contributed by atoms with Crippen LogP contribution in [-0.4, -0.2) is 44.3 Å². The highest BCUT2D eigenvalue weighted by atomic mass is 32.1. The minimum Gasteiger partial charge on any atom is -0.481 e. The van der Waals surface area contributed by atoms with Gasteiger partial charge in [-0.2, -0.15) is 9.28 Å². The van der Waals surface area contributed by atoms with Gasteiger partial charge in [-0.3, -0.25) is 4.79 Å². The molecule has 0 aromatic rings. The van der Waals surface area contributed by atoms with Gasteiger partial charge in [0.1, 0.15) is 6.04 Å². The number of carboxylic acids is 1. The van der Waals surface area contributed by atoms with Crippen LogP contribution in [0.1, 0.15) is 46.5 Å². The second kappa shape index (κ2) is 6.63. The molecular weight excluding hydrogens is 278 g/mol. The summed E-state index contributed by atoms with van der Waals surface area (Å²) in [6.45, 7) is 6.26. The Morgan fingerprint density at radius 1 is 1.35 bits per heavy atom.